The molecular weight excluding hydrogens is 328 g/mol. The number of likely N-dealkylation sites (N-methyl/N-ethyl adjacent to an activating group) is 1. The van der Waals surface area contributed by atoms with Gasteiger partial charge in [-0.3, -0.25) is 0 Å². The van der Waals surface area contributed by atoms with Crippen molar-refractivity contribution >= 4 is 27.9 Å². The van der Waals surface area contributed by atoms with Crippen molar-refractivity contribution in [3.05, 3.63) is 40.8 Å². The van der Waals surface area contributed by atoms with Crippen LogP contribution in [0.15, 0.2) is 29.7 Å². The molecule has 1 fully saturated rings. The number of hydrogen-bond donors (Lipinski definition) is 0. The molecule has 0 aromatic heterocycles. The fourth-order valence-electron chi connectivity index (χ4n) is 2.63. The van der Waals surface area contributed by atoms with Gasteiger partial charge in [0.2, 0.25) is 10.0 Å². The Bertz CT molecular complexity index is 624. The van der Waals surface area contributed by atoms with Gasteiger partial charge in [0.1, 0.15) is 0 Å². The van der Waals surface area contributed by atoms with Crippen LogP contribution in [0.2, 0.25) is 0 Å². The smallest absolute Gasteiger partial charge is 0.236 e. The predicted octanol–water partition coefficient (Wildman–Crippen LogP) is 2.66. The molecule has 4 nitrogen and oxygen atoms in total. The molecular formula is C17H26N2O2S2. The van der Waals surface area contributed by atoms with E-state index >= 15 is 0 Å². The van der Waals surface area contributed by atoms with Crippen LogP contribution in [-0.2, 0) is 10.0 Å². The maximum absolute atomic E-state index is 12.8. The Balaban J connectivity index is 2.18. The van der Waals surface area contributed by atoms with E-state index in [1.807, 2.05) is 57.0 Å². The quantitative estimate of drug-likeness (QED) is 0.815. The monoisotopic (exact) mass is 354 g/mol. The van der Waals surface area contributed by atoms with Gasteiger partial charge in [0.05, 0.1) is 0 Å². The van der Waals surface area contributed by atoms with E-state index < -0.39 is 10.0 Å². The Labute approximate surface area is 144 Å². The van der Waals surface area contributed by atoms with Crippen LogP contribution >= 0.6 is 11.8 Å². The highest BCUT2D eigenvalue weighted by molar-refractivity contribution is 7.99. The van der Waals surface area contributed by atoms with Gasteiger partial charge in [0, 0.05) is 30.3 Å². The van der Waals surface area contributed by atoms with Gasteiger partial charge in [-0.15, -0.1) is 0 Å². The first kappa shape index (κ1) is 18.5. The average Bonchev–Trinajstić information content (AvgIpc) is 2.72. The van der Waals surface area contributed by atoms with Crippen LogP contribution in [0.25, 0.3) is 6.08 Å². The summed E-state index contributed by atoms with van der Waals surface area (Å²) >= 11 is 1.84. The van der Waals surface area contributed by atoms with Crippen molar-refractivity contribution in [2.24, 2.45) is 0 Å². The molecule has 23 heavy (non-hydrogen) atoms. The maximum Gasteiger partial charge on any atom is 0.236 e. The molecule has 128 valence electrons. The number of sulfonamides is 1. The molecule has 6 heteroatoms. The van der Waals surface area contributed by atoms with Gasteiger partial charge in [-0.2, -0.15) is 16.1 Å². The highest BCUT2D eigenvalue weighted by atomic mass is 32.2. The van der Waals surface area contributed by atoms with Crippen LogP contribution in [0.5, 0.6) is 0 Å². The lowest BCUT2D eigenvalue weighted by atomic mass is 10.2. The van der Waals surface area contributed by atoms with E-state index in [2.05, 4.69) is 4.90 Å². The first-order chi connectivity index (χ1) is 10.9. The van der Waals surface area contributed by atoms with E-state index in [4.69, 9.17) is 0 Å². The molecule has 1 atom stereocenters. The summed E-state index contributed by atoms with van der Waals surface area (Å²) in [6.07, 6.45) is 2.60. The summed E-state index contributed by atoms with van der Waals surface area (Å²) in [6, 6.07) is 7.89. The van der Waals surface area contributed by atoms with Gasteiger partial charge in [0.25, 0.3) is 0 Å². The van der Waals surface area contributed by atoms with E-state index in [9.17, 15) is 8.42 Å². The Morgan fingerprint density at radius 3 is 2.65 bits per heavy atom. The fourth-order valence-corrected chi connectivity index (χ4v) is 5.21. The third-order valence-corrected chi connectivity index (χ3v) is 6.61. The number of nitrogens with zero attached hydrogens (tertiary/aromatic N) is 2. The number of benzene rings is 1. The van der Waals surface area contributed by atoms with E-state index in [0.29, 0.717) is 6.54 Å². The van der Waals surface area contributed by atoms with E-state index in [0.717, 1.165) is 30.0 Å². The molecule has 1 aromatic carbocycles. The molecule has 1 heterocycles. The van der Waals surface area contributed by atoms with Crippen molar-refractivity contribution in [3.63, 3.8) is 0 Å². The third-order valence-electron chi connectivity index (χ3n) is 3.80. The van der Waals surface area contributed by atoms with Gasteiger partial charge in [-0.25, -0.2) is 8.42 Å². The molecule has 0 radical (unpaired) electrons. The summed E-state index contributed by atoms with van der Waals surface area (Å²) < 4.78 is 27.2. The number of thioether (sulfide) groups is 1. The van der Waals surface area contributed by atoms with Gasteiger partial charge < -0.3 is 4.90 Å². The second-order valence-electron chi connectivity index (χ2n) is 6.21. The van der Waals surface area contributed by atoms with Crippen LogP contribution in [0, 0.1) is 6.92 Å². The Morgan fingerprint density at radius 1 is 1.30 bits per heavy atom. The van der Waals surface area contributed by atoms with Crippen LogP contribution in [0.1, 0.15) is 17.5 Å². The molecule has 1 unspecified atom stereocenters. The molecule has 1 saturated heterocycles. The maximum atomic E-state index is 12.8. The van der Waals surface area contributed by atoms with Gasteiger partial charge in [0.15, 0.2) is 0 Å². The van der Waals surface area contributed by atoms with E-state index in [1.165, 1.54) is 11.0 Å². The van der Waals surface area contributed by atoms with Crippen molar-refractivity contribution < 1.29 is 8.42 Å². The van der Waals surface area contributed by atoms with Crippen LogP contribution in [0.4, 0.5) is 0 Å². The molecule has 2 rings (SSSR count). The SMILES string of the molecule is Cc1ccc(/C=C/S(=O)(=O)N2CCCSCC2CN(C)C)cc1. The number of aryl methyl sites for hydroxylation is 1. The van der Waals surface area contributed by atoms with Crippen molar-refractivity contribution in [3.8, 4) is 0 Å². The molecule has 0 saturated carbocycles. The highest BCUT2D eigenvalue weighted by Gasteiger charge is 2.30. The minimum Gasteiger partial charge on any atom is -0.308 e. The zero-order valence-electron chi connectivity index (χ0n) is 14.1. The first-order valence-electron chi connectivity index (χ1n) is 7.87. The first-order valence-corrected chi connectivity index (χ1v) is 10.5. The minimum absolute atomic E-state index is 0.0326. The van der Waals surface area contributed by atoms with E-state index in [-0.39, 0.29) is 6.04 Å². The number of rotatable bonds is 5. The molecule has 0 spiro atoms. The van der Waals surface area contributed by atoms with Gasteiger partial charge >= 0.3 is 0 Å². The summed E-state index contributed by atoms with van der Waals surface area (Å²) in [5, 5.41) is 1.36. The Morgan fingerprint density at radius 2 is 2.00 bits per heavy atom. The van der Waals surface area contributed by atoms with E-state index in [1.54, 1.807) is 10.4 Å². The lowest BCUT2D eigenvalue weighted by Gasteiger charge is -2.29. The third kappa shape index (κ3) is 5.64. The topological polar surface area (TPSA) is 40.6 Å². The second kappa shape index (κ2) is 8.33. The standard InChI is InChI=1S/C17H26N2O2S2/c1-15-5-7-16(8-6-15)9-12-23(20,21)19-10-4-11-22-14-17(19)13-18(2)3/h5-9,12,17H,4,10-11,13-14H2,1-3H3/b12-9+. The zero-order valence-corrected chi connectivity index (χ0v) is 15.7. The normalized spacial score (nSPS) is 21.0. The Hall–Kier alpha value is -0.820. The summed E-state index contributed by atoms with van der Waals surface area (Å²) in [7, 11) is 0.580. The second-order valence-corrected chi connectivity index (χ2v) is 9.13. The van der Waals surface area contributed by atoms with Crippen LogP contribution in [0.3, 0.4) is 0 Å². The van der Waals surface area contributed by atoms with Gasteiger partial charge in [-0.05, 0) is 44.8 Å². The van der Waals surface area contributed by atoms with Crippen molar-refractivity contribution in [1.29, 1.82) is 0 Å². The highest BCUT2D eigenvalue weighted by Crippen LogP contribution is 2.21. The molecule has 0 amide bonds. The molecule has 0 N–H and O–H groups in total. The average molecular weight is 355 g/mol. The predicted molar refractivity (Wildman–Crippen MR) is 100 cm³/mol. The lowest BCUT2D eigenvalue weighted by molar-refractivity contribution is 0.273. The lowest BCUT2D eigenvalue weighted by Crippen LogP contribution is -2.45. The summed E-state index contributed by atoms with van der Waals surface area (Å²) in [5.41, 5.74) is 2.08. The zero-order chi connectivity index (χ0) is 16.9. The molecule has 0 bridgehead atoms. The molecule has 0 aliphatic carbocycles. The fraction of sp³-hybridized carbons (Fsp3) is 0.529. The summed E-state index contributed by atoms with van der Waals surface area (Å²) in [6.45, 7) is 3.38. The van der Waals surface area contributed by atoms with Crippen molar-refractivity contribution in [2.45, 2.75) is 19.4 Å². The molecule has 1 aliphatic rings. The summed E-state index contributed by atoms with van der Waals surface area (Å²) in [5.74, 6) is 1.88. The molecule has 1 aromatic rings. The van der Waals surface area contributed by atoms with Crippen LogP contribution in [-0.4, -0.2) is 62.4 Å². The molecule has 1 aliphatic heterocycles. The van der Waals surface area contributed by atoms with Gasteiger partial charge in [-0.1, -0.05) is 29.8 Å². The Kier molecular flexibility index (Phi) is 6.71. The number of hydrogen-bond acceptors (Lipinski definition) is 4. The largest absolute Gasteiger partial charge is 0.308 e. The van der Waals surface area contributed by atoms with Crippen LogP contribution < -0.4 is 0 Å². The summed E-state index contributed by atoms with van der Waals surface area (Å²) in [4.78, 5) is 2.06. The van der Waals surface area contributed by atoms with Crippen molar-refractivity contribution in [1.82, 2.24) is 9.21 Å². The van der Waals surface area contributed by atoms with Crippen molar-refractivity contribution in [2.75, 3.05) is 38.7 Å². The minimum atomic E-state index is -3.40.